The van der Waals surface area contributed by atoms with Gasteiger partial charge < -0.3 is 4.57 Å². The molecule has 0 fully saturated rings. The second-order valence-corrected chi connectivity index (χ2v) is 13.9. The predicted octanol–water partition coefficient (Wildman–Crippen LogP) is 10.2. The molecule has 0 saturated heterocycles. The SMILES string of the molecule is [C-]#[N+]/C(C#N)=C1/c2cc(C)c(C)cc2-c2c1sc1c3sc4c(c3n(CC(C)C)c21)-c1cc(C)c(C)cc1/C4=C(/C#N)[N+]#[C-]. The van der Waals surface area contributed by atoms with E-state index in [9.17, 15) is 10.5 Å². The monoisotopic (exact) mass is 591 g/mol. The molecule has 7 heteroatoms. The van der Waals surface area contributed by atoms with E-state index in [-0.39, 0.29) is 11.4 Å². The Hall–Kier alpha value is -4.92. The van der Waals surface area contributed by atoms with Gasteiger partial charge in [-0.05, 0) is 78.1 Å². The summed E-state index contributed by atoms with van der Waals surface area (Å²) >= 11 is 3.32. The third kappa shape index (κ3) is 3.45. The van der Waals surface area contributed by atoms with Crippen molar-refractivity contribution in [1.82, 2.24) is 4.57 Å². The molecule has 0 spiro atoms. The minimum absolute atomic E-state index is 0.119. The average Bonchev–Trinajstić information content (AvgIpc) is 3.72. The van der Waals surface area contributed by atoms with Gasteiger partial charge in [0.15, 0.2) is 0 Å². The minimum atomic E-state index is 0.119. The molecule has 0 radical (unpaired) electrons. The molecule has 0 amide bonds. The van der Waals surface area contributed by atoms with Crippen molar-refractivity contribution in [3.05, 3.63) is 102 Å². The van der Waals surface area contributed by atoms with Crippen molar-refractivity contribution >= 4 is 54.3 Å². The second-order valence-electron chi connectivity index (χ2n) is 11.8. The van der Waals surface area contributed by atoms with Crippen molar-refractivity contribution in [2.45, 2.75) is 48.1 Å². The first-order chi connectivity index (χ1) is 20.6. The van der Waals surface area contributed by atoms with Crippen molar-refractivity contribution in [1.29, 1.82) is 10.5 Å². The van der Waals surface area contributed by atoms with E-state index in [4.69, 9.17) is 13.1 Å². The zero-order chi connectivity index (χ0) is 30.5. The molecule has 2 aliphatic carbocycles. The van der Waals surface area contributed by atoms with Crippen LogP contribution >= 0.6 is 22.7 Å². The highest BCUT2D eigenvalue weighted by Gasteiger charge is 2.38. The Morgan fingerprint density at radius 2 is 1.09 bits per heavy atom. The van der Waals surface area contributed by atoms with Gasteiger partial charge in [-0.3, -0.25) is 0 Å². The van der Waals surface area contributed by atoms with Gasteiger partial charge >= 0.3 is 0 Å². The Morgan fingerprint density at radius 1 is 0.721 bits per heavy atom. The molecule has 2 aromatic carbocycles. The number of rotatable bonds is 2. The summed E-state index contributed by atoms with van der Waals surface area (Å²) < 4.78 is 4.71. The zero-order valence-electron chi connectivity index (χ0n) is 24.6. The summed E-state index contributed by atoms with van der Waals surface area (Å²) in [4.78, 5) is 9.28. The lowest BCUT2D eigenvalue weighted by atomic mass is 9.97. The van der Waals surface area contributed by atoms with Gasteiger partial charge in [0.2, 0.25) is 0 Å². The van der Waals surface area contributed by atoms with E-state index in [1.165, 1.54) is 11.1 Å². The Balaban J connectivity index is 1.70. The van der Waals surface area contributed by atoms with Gasteiger partial charge in [-0.25, -0.2) is 20.2 Å². The van der Waals surface area contributed by atoms with E-state index < -0.39 is 0 Å². The molecule has 0 N–H and O–H groups in total. The van der Waals surface area contributed by atoms with Gasteiger partial charge in [-0.15, -0.1) is 22.7 Å². The number of aryl methyl sites for hydroxylation is 4. The van der Waals surface area contributed by atoms with Gasteiger partial charge in [0, 0.05) is 38.6 Å². The van der Waals surface area contributed by atoms with Gasteiger partial charge in [0.1, 0.15) is 0 Å². The van der Waals surface area contributed by atoms with E-state index in [0.717, 1.165) is 92.4 Å². The van der Waals surface area contributed by atoms with Crippen LogP contribution in [-0.2, 0) is 6.54 Å². The van der Waals surface area contributed by atoms with Crippen molar-refractivity contribution in [2.75, 3.05) is 0 Å². The Kier molecular flexibility index (Phi) is 5.82. The van der Waals surface area contributed by atoms with Crippen LogP contribution in [0, 0.1) is 69.4 Å². The maximum absolute atomic E-state index is 10.00. The lowest BCUT2D eigenvalue weighted by Gasteiger charge is -2.13. The summed E-state index contributed by atoms with van der Waals surface area (Å²) in [5.41, 5.74) is 14.9. The quantitative estimate of drug-likeness (QED) is 0.148. The van der Waals surface area contributed by atoms with Gasteiger partial charge in [0.05, 0.1) is 45.7 Å². The molecule has 7 rings (SSSR count). The molecule has 5 nitrogen and oxygen atoms in total. The molecular formula is C36H25N5S2. The lowest BCUT2D eigenvalue weighted by molar-refractivity contribution is 0.546. The first-order valence-corrected chi connectivity index (χ1v) is 15.7. The number of nitriles is 2. The van der Waals surface area contributed by atoms with Crippen LogP contribution in [0.4, 0.5) is 0 Å². The fourth-order valence-electron chi connectivity index (χ4n) is 6.63. The van der Waals surface area contributed by atoms with Crippen LogP contribution in [0.2, 0.25) is 0 Å². The standard InChI is InChI=1S/C36H25N5S2/c1-16(2)15-41-31-29-23-11-19(5)17(3)9-21(23)27(25(13-37)39-7)33(29)42-35(31)36-32(41)30-24-12-20(6)18(4)10-22(24)28(34(30)43-36)26(14-38)40-8/h9-12,16H,15H2,1-6H3/b27-25-,28-26+. The maximum atomic E-state index is 10.00. The number of benzene rings is 2. The fourth-order valence-corrected chi connectivity index (χ4v) is 9.52. The van der Waals surface area contributed by atoms with Gasteiger partial charge in [-0.2, -0.15) is 0 Å². The van der Waals surface area contributed by atoms with E-state index in [0.29, 0.717) is 5.92 Å². The molecule has 206 valence electrons. The number of nitrogens with zero attached hydrogens (tertiary/aromatic N) is 5. The molecule has 5 aromatic rings. The number of allylic oxidation sites excluding steroid dienone is 2. The van der Waals surface area contributed by atoms with Crippen LogP contribution in [0.25, 0.3) is 63.5 Å². The first kappa shape index (κ1) is 26.9. The molecule has 0 unspecified atom stereocenters. The molecule has 0 saturated carbocycles. The van der Waals surface area contributed by atoms with E-state index in [2.05, 4.69) is 92.2 Å². The summed E-state index contributed by atoms with van der Waals surface area (Å²) in [6.07, 6.45) is 0. The summed E-state index contributed by atoms with van der Waals surface area (Å²) in [5.74, 6) is 0.354. The Morgan fingerprint density at radius 3 is 1.42 bits per heavy atom. The topological polar surface area (TPSA) is 61.2 Å². The van der Waals surface area contributed by atoms with Crippen molar-refractivity contribution in [2.24, 2.45) is 5.92 Å². The normalized spacial score (nSPS) is 15.0. The van der Waals surface area contributed by atoms with Crippen LogP contribution in [-0.4, -0.2) is 4.57 Å². The van der Waals surface area contributed by atoms with Crippen LogP contribution in [0.15, 0.2) is 35.7 Å². The summed E-state index contributed by atoms with van der Waals surface area (Å²) in [5, 5.41) is 20.0. The van der Waals surface area contributed by atoms with E-state index >= 15 is 0 Å². The maximum Gasteiger partial charge on any atom is 0.271 e. The summed E-state index contributed by atoms with van der Waals surface area (Å²) in [6, 6.07) is 13.0. The average molecular weight is 592 g/mol. The summed E-state index contributed by atoms with van der Waals surface area (Å²) in [6.45, 7) is 29.2. The highest BCUT2D eigenvalue weighted by molar-refractivity contribution is 7.29. The van der Waals surface area contributed by atoms with Crippen molar-refractivity contribution in [3.8, 4) is 34.4 Å². The highest BCUT2D eigenvalue weighted by atomic mass is 32.1. The highest BCUT2D eigenvalue weighted by Crippen LogP contribution is 2.61. The third-order valence-electron chi connectivity index (χ3n) is 8.77. The second kappa shape index (κ2) is 9.29. The number of hydrogen-bond donors (Lipinski definition) is 0. The van der Waals surface area contributed by atoms with Crippen LogP contribution < -0.4 is 0 Å². The predicted molar refractivity (Wildman–Crippen MR) is 176 cm³/mol. The molecule has 0 bridgehead atoms. The van der Waals surface area contributed by atoms with Gasteiger partial charge in [0.25, 0.3) is 11.4 Å². The summed E-state index contributed by atoms with van der Waals surface area (Å²) in [7, 11) is 0. The Labute approximate surface area is 258 Å². The van der Waals surface area contributed by atoms with E-state index in [1.807, 2.05) is 0 Å². The van der Waals surface area contributed by atoms with E-state index in [1.54, 1.807) is 22.7 Å². The minimum Gasteiger partial charge on any atom is -0.338 e. The zero-order valence-corrected chi connectivity index (χ0v) is 26.3. The molecule has 3 heterocycles. The largest absolute Gasteiger partial charge is 0.338 e. The molecule has 2 aliphatic rings. The van der Waals surface area contributed by atoms with Gasteiger partial charge in [-0.1, -0.05) is 38.1 Å². The van der Waals surface area contributed by atoms with Crippen molar-refractivity contribution < 1.29 is 0 Å². The fraction of sp³-hybridized carbons (Fsp3) is 0.222. The molecule has 0 atom stereocenters. The molecule has 3 aromatic heterocycles. The number of aromatic nitrogens is 1. The molecule has 43 heavy (non-hydrogen) atoms. The first-order valence-electron chi connectivity index (χ1n) is 14.0. The van der Waals surface area contributed by atoms with Crippen LogP contribution in [0.1, 0.15) is 57.0 Å². The smallest absolute Gasteiger partial charge is 0.271 e. The van der Waals surface area contributed by atoms with Crippen LogP contribution in [0.5, 0.6) is 0 Å². The van der Waals surface area contributed by atoms with Crippen molar-refractivity contribution in [3.63, 3.8) is 0 Å². The number of hydrogen-bond acceptors (Lipinski definition) is 4. The van der Waals surface area contributed by atoms with Crippen LogP contribution in [0.3, 0.4) is 0 Å². The third-order valence-corrected chi connectivity index (χ3v) is 11.3. The Bertz CT molecular complexity index is 2180. The lowest BCUT2D eigenvalue weighted by Crippen LogP contribution is -2.04. The molecule has 0 aliphatic heterocycles. The molecular weight excluding hydrogens is 567 g/mol. The number of fused-ring (bicyclic) bond motifs is 11. The number of thiophene rings is 2.